The summed E-state index contributed by atoms with van der Waals surface area (Å²) in [7, 11) is 1.55. The van der Waals surface area contributed by atoms with Crippen molar-refractivity contribution in [2.24, 2.45) is 0 Å². The largest absolute Gasteiger partial charge is 0.496 e. The number of hydrogen-bond acceptors (Lipinski definition) is 3. The van der Waals surface area contributed by atoms with Crippen LogP contribution >= 0.6 is 0 Å². The van der Waals surface area contributed by atoms with Gasteiger partial charge in [0.25, 0.3) is 0 Å². The van der Waals surface area contributed by atoms with Crippen LogP contribution in [0.3, 0.4) is 0 Å². The molecule has 4 heteroatoms. The van der Waals surface area contributed by atoms with Gasteiger partial charge >= 0.3 is 0 Å². The summed E-state index contributed by atoms with van der Waals surface area (Å²) in [6, 6.07) is 11.1. The minimum Gasteiger partial charge on any atom is -0.496 e. The van der Waals surface area contributed by atoms with Gasteiger partial charge < -0.3 is 10.1 Å². The highest BCUT2D eigenvalue weighted by molar-refractivity contribution is 5.96. The van der Waals surface area contributed by atoms with Gasteiger partial charge in [-0.05, 0) is 56.2 Å². The number of ketones is 1. The maximum atomic E-state index is 12.3. The van der Waals surface area contributed by atoms with Crippen LogP contribution in [0, 0.1) is 13.8 Å². The van der Waals surface area contributed by atoms with E-state index in [4.69, 9.17) is 4.74 Å². The average molecular weight is 311 g/mol. The number of nitrogens with one attached hydrogen (secondary N) is 1. The lowest BCUT2D eigenvalue weighted by Crippen LogP contribution is -2.16. The molecule has 0 aliphatic heterocycles. The molecule has 0 fully saturated rings. The molecule has 0 saturated heterocycles. The van der Waals surface area contributed by atoms with E-state index in [0.717, 1.165) is 16.8 Å². The van der Waals surface area contributed by atoms with Gasteiger partial charge in [0.1, 0.15) is 5.75 Å². The molecule has 0 saturated carbocycles. The molecule has 2 aromatic carbocycles. The molecule has 2 rings (SSSR count). The molecule has 0 aromatic heterocycles. The highest BCUT2D eigenvalue weighted by atomic mass is 16.5. The average Bonchev–Trinajstić information content (AvgIpc) is 2.50. The van der Waals surface area contributed by atoms with Gasteiger partial charge in [-0.25, -0.2) is 0 Å². The predicted octanol–water partition coefficient (Wildman–Crippen LogP) is 3.70. The zero-order valence-electron chi connectivity index (χ0n) is 13.9. The lowest BCUT2D eigenvalue weighted by atomic mass is 10.0. The van der Waals surface area contributed by atoms with Crippen molar-refractivity contribution in [3.63, 3.8) is 0 Å². The first kappa shape index (κ1) is 16.7. The third kappa shape index (κ3) is 4.19. The van der Waals surface area contributed by atoms with E-state index in [0.29, 0.717) is 16.9 Å². The Labute approximate surface area is 136 Å². The molecule has 0 aliphatic carbocycles. The Balaban J connectivity index is 2.21. The summed E-state index contributed by atoms with van der Waals surface area (Å²) in [5.74, 6) is 0.424. The smallest absolute Gasteiger partial charge is 0.228 e. The lowest BCUT2D eigenvalue weighted by Gasteiger charge is -2.12. The van der Waals surface area contributed by atoms with E-state index < -0.39 is 0 Å². The third-order valence-corrected chi connectivity index (χ3v) is 3.71. The van der Waals surface area contributed by atoms with E-state index in [1.165, 1.54) is 6.92 Å². The molecule has 0 atom stereocenters. The van der Waals surface area contributed by atoms with Crippen LogP contribution in [-0.4, -0.2) is 18.8 Å². The summed E-state index contributed by atoms with van der Waals surface area (Å²) in [6.45, 7) is 5.43. The first-order chi connectivity index (χ1) is 10.9. The van der Waals surface area contributed by atoms with Crippen LogP contribution in [0.4, 0.5) is 5.69 Å². The normalized spacial score (nSPS) is 10.3. The Kier molecular flexibility index (Phi) is 5.16. The second-order valence-electron chi connectivity index (χ2n) is 5.63. The molecule has 120 valence electrons. The molecule has 0 radical (unpaired) electrons. The quantitative estimate of drug-likeness (QED) is 0.857. The number of carbonyl (C=O) groups is 2. The molecule has 0 unspecified atom stereocenters. The van der Waals surface area contributed by atoms with Crippen molar-refractivity contribution in [3.8, 4) is 5.75 Å². The number of amides is 1. The van der Waals surface area contributed by atoms with Gasteiger partial charge in [0.2, 0.25) is 5.91 Å². The SMILES string of the molecule is COc1ccc(C(C)=O)cc1CC(=O)Nc1cc(C)ccc1C. The molecule has 23 heavy (non-hydrogen) atoms. The van der Waals surface area contributed by atoms with Crippen LogP contribution < -0.4 is 10.1 Å². The molecule has 1 amide bonds. The fourth-order valence-corrected chi connectivity index (χ4v) is 2.37. The van der Waals surface area contributed by atoms with Crippen molar-refractivity contribution in [2.45, 2.75) is 27.2 Å². The Morgan fingerprint density at radius 3 is 2.48 bits per heavy atom. The molecule has 0 spiro atoms. The Morgan fingerprint density at radius 1 is 1.09 bits per heavy atom. The number of aryl methyl sites for hydroxylation is 2. The zero-order chi connectivity index (χ0) is 17.0. The zero-order valence-corrected chi connectivity index (χ0v) is 13.9. The highest BCUT2D eigenvalue weighted by Crippen LogP contribution is 2.22. The Hall–Kier alpha value is -2.62. The summed E-state index contributed by atoms with van der Waals surface area (Å²) < 4.78 is 5.28. The molecular formula is C19H21NO3. The number of Topliss-reactive ketones (excluding diaryl/α,β-unsaturated/α-hetero) is 1. The van der Waals surface area contributed by atoms with Gasteiger partial charge in [-0.1, -0.05) is 12.1 Å². The fraction of sp³-hybridized carbons (Fsp3) is 0.263. The topological polar surface area (TPSA) is 55.4 Å². The van der Waals surface area contributed by atoms with E-state index in [9.17, 15) is 9.59 Å². The fourth-order valence-electron chi connectivity index (χ4n) is 2.37. The van der Waals surface area contributed by atoms with Crippen LogP contribution in [0.25, 0.3) is 0 Å². The van der Waals surface area contributed by atoms with Crippen LogP contribution in [0.1, 0.15) is 34.0 Å². The van der Waals surface area contributed by atoms with Crippen molar-refractivity contribution in [3.05, 3.63) is 58.7 Å². The molecule has 2 aromatic rings. The maximum absolute atomic E-state index is 12.3. The number of anilines is 1. The van der Waals surface area contributed by atoms with Gasteiger partial charge in [0, 0.05) is 16.8 Å². The predicted molar refractivity (Wildman–Crippen MR) is 91.2 cm³/mol. The summed E-state index contributed by atoms with van der Waals surface area (Å²) in [6.07, 6.45) is 0.150. The summed E-state index contributed by atoms with van der Waals surface area (Å²) in [5, 5.41) is 2.92. The van der Waals surface area contributed by atoms with E-state index in [1.807, 2.05) is 32.0 Å². The summed E-state index contributed by atoms with van der Waals surface area (Å²) >= 11 is 0. The van der Waals surface area contributed by atoms with E-state index in [1.54, 1.807) is 25.3 Å². The maximum Gasteiger partial charge on any atom is 0.228 e. The van der Waals surface area contributed by atoms with Crippen LogP contribution in [-0.2, 0) is 11.2 Å². The van der Waals surface area contributed by atoms with Gasteiger partial charge in [-0.2, -0.15) is 0 Å². The number of rotatable bonds is 5. The van der Waals surface area contributed by atoms with Crippen LogP contribution in [0.5, 0.6) is 5.75 Å². The van der Waals surface area contributed by atoms with Gasteiger partial charge in [-0.3, -0.25) is 9.59 Å². The monoisotopic (exact) mass is 311 g/mol. The molecule has 4 nitrogen and oxygen atoms in total. The number of methoxy groups -OCH3 is 1. The minimum atomic E-state index is -0.141. The molecule has 0 aliphatic rings. The van der Waals surface area contributed by atoms with Gasteiger partial charge in [0.05, 0.1) is 13.5 Å². The van der Waals surface area contributed by atoms with Crippen LogP contribution in [0.2, 0.25) is 0 Å². The number of benzene rings is 2. The second-order valence-corrected chi connectivity index (χ2v) is 5.63. The van der Waals surface area contributed by atoms with Crippen molar-refractivity contribution in [1.82, 2.24) is 0 Å². The second kappa shape index (κ2) is 7.09. The van der Waals surface area contributed by atoms with E-state index >= 15 is 0 Å². The van der Waals surface area contributed by atoms with Crippen molar-refractivity contribution >= 4 is 17.4 Å². The first-order valence-electron chi connectivity index (χ1n) is 7.45. The molecular weight excluding hydrogens is 290 g/mol. The number of hydrogen-bond donors (Lipinski definition) is 1. The van der Waals surface area contributed by atoms with Crippen molar-refractivity contribution < 1.29 is 14.3 Å². The highest BCUT2D eigenvalue weighted by Gasteiger charge is 2.12. The van der Waals surface area contributed by atoms with E-state index in [2.05, 4.69) is 5.32 Å². The lowest BCUT2D eigenvalue weighted by molar-refractivity contribution is -0.115. The minimum absolute atomic E-state index is 0.0381. The molecule has 1 N–H and O–H groups in total. The summed E-state index contributed by atoms with van der Waals surface area (Å²) in [4.78, 5) is 23.9. The number of carbonyl (C=O) groups excluding carboxylic acids is 2. The first-order valence-corrected chi connectivity index (χ1v) is 7.45. The van der Waals surface area contributed by atoms with Gasteiger partial charge in [-0.15, -0.1) is 0 Å². The third-order valence-electron chi connectivity index (χ3n) is 3.71. The number of ether oxygens (including phenoxy) is 1. The summed E-state index contributed by atoms with van der Waals surface area (Å²) in [5.41, 5.74) is 4.16. The standard InChI is InChI=1S/C19H21NO3/c1-12-5-6-13(2)17(9-12)20-19(22)11-16-10-15(14(3)21)7-8-18(16)23-4/h5-10H,11H2,1-4H3,(H,20,22). The molecule has 0 bridgehead atoms. The van der Waals surface area contributed by atoms with Crippen molar-refractivity contribution in [1.29, 1.82) is 0 Å². The van der Waals surface area contributed by atoms with E-state index in [-0.39, 0.29) is 18.1 Å². The van der Waals surface area contributed by atoms with Gasteiger partial charge in [0.15, 0.2) is 5.78 Å². The Morgan fingerprint density at radius 2 is 1.83 bits per heavy atom. The van der Waals surface area contributed by atoms with Crippen LogP contribution in [0.15, 0.2) is 36.4 Å². The Bertz CT molecular complexity index is 750. The van der Waals surface area contributed by atoms with Crippen molar-refractivity contribution in [2.75, 3.05) is 12.4 Å². The molecule has 0 heterocycles.